The van der Waals surface area contributed by atoms with Crippen molar-refractivity contribution < 1.29 is 0 Å². The lowest BCUT2D eigenvalue weighted by Gasteiger charge is -2.10. The smallest absolute Gasteiger partial charge is 0.164 e. The molecule has 4 heteroatoms. The third kappa shape index (κ3) is 4.52. The van der Waals surface area contributed by atoms with E-state index in [4.69, 9.17) is 15.0 Å². The van der Waals surface area contributed by atoms with Gasteiger partial charge in [-0.2, -0.15) is 0 Å². The molecule has 6 rings (SSSR count). The zero-order valence-corrected chi connectivity index (χ0v) is 19.5. The van der Waals surface area contributed by atoms with E-state index in [1.807, 2.05) is 91.3 Å². The van der Waals surface area contributed by atoms with Crippen LogP contribution in [0.25, 0.3) is 56.4 Å². The second kappa shape index (κ2) is 9.72. The highest BCUT2D eigenvalue weighted by Crippen LogP contribution is 2.29. The third-order valence-electron chi connectivity index (χ3n) is 6.05. The van der Waals surface area contributed by atoms with Crippen molar-refractivity contribution >= 4 is 0 Å². The monoisotopic (exact) mass is 462 g/mol. The van der Waals surface area contributed by atoms with Crippen LogP contribution >= 0.6 is 0 Å². The van der Waals surface area contributed by atoms with Gasteiger partial charge in [0.05, 0.1) is 0 Å². The van der Waals surface area contributed by atoms with Crippen molar-refractivity contribution in [1.82, 2.24) is 19.9 Å². The normalized spacial score (nSPS) is 10.8. The molecule has 6 aromatic rings. The number of pyridine rings is 1. The van der Waals surface area contributed by atoms with Gasteiger partial charge in [-0.25, -0.2) is 15.0 Å². The molecule has 0 aliphatic rings. The van der Waals surface area contributed by atoms with Crippen LogP contribution in [0.3, 0.4) is 0 Å². The van der Waals surface area contributed by atoms with Gasteiger partial charge in [0.2, 0.25) is 0 Å². The quantitative estimate of drug-likeness (QED) is 0.265. The van der Waals surface area contributed by atoms with Gasteiger partial charge >= 0.3 is 0 Å². The molecule has 0 bridgehead atoms. The maximum absolute atomic E-state index is 4.86. The first-order chi connectivity index (χ1) is 17.8. The van der Waals surface area contributed by atoms with Gasteiger partial charge in [0.15, 0.2) is 17.5 Å². The van der Waals surface area contributed by atoms with Crippen molar-refractivity contribution in [3.8, 4) is 56.4 Å². The van der Waals surface area contributed by atoms with Crippen molar-refractivity contribution in [2.24, 2.45) is 0 Å². The molecule has 0 amide bonds. The third-order valence-corrected chi connectivity index (χ3v) is 6.05. The summed E-state index contributed by atoms with van der Waals surface area (Å²) < 4.78 is 0. The molecular formula is C32H22N4. The first kappa shape index (κ1) is 21.6. The lowest BCUT2D eigenvalue weighted by molar-refractivity contribution is 1.07. The summed E-state index contributed by atoms with van der Waals surface area (Å²) in [5.41, 5.74) is 7.42. The summed E-state index contributed by atoms with van der Waals surface area (Å²) in [5.74, 6) is 1.97. The SMILES string of the molecule is c1ccc(-c2nc(-c3ccccc3)nc(-c3cccc(-c4ccc(-c5ccncc5)cc4)c3)n2)cc1. The highest BCUT2D eigenvalue weighted by molar-refractivity contribution is 5.74. The molecule has 2 heterocycles. The van der Waals surface area contributed by atoms with E-state index >= 15 is 0 Å². The van der Waals surface area contributed by atoms with E-state index in [0.717, 1.165) is 38.9 Å². The molecule has 4 nitrogen and oxygen atoms in total. The Bertz CT molecular complexity index is 1540. The van der Waals surface area contributed by atoms with Crippen LogP contribution in [0.2, 0.25) is 0 Å². The summed E-state index contributed by atoms with van der Waals surface area (Å²) in [4.78, 5) is 18.6. The summed E-state index contributed by atoms with van der Waals surface area (Å²) >= 11 is 0. The highest BCUT2D eigenvalue weighted by atomic mass is 15.0. The predicted molar refractivity (Wildman–Crippen MR) is 145 cm³/mol. The summed E-state index contributed by atoms with van der Waals surface area (Å²) in [6.07, 6.45) is 3.63. The van der Waals surface area contributed by atoms with Crippen LogP contribution in [0.1, 0.15) is 0 Å². The summed E-state index contributed by atoms with van der Waals surface area (Å²) in [6, 6.07) is 41.0. The molecule has 0 unspecified atom stereocenters. The molecule has 0 fully saturated rings. The van der Waals surface area contributed by atoms with Crippen molar-refractivity contribution in [1.29, 1.82) is 0 Å². The number of aromatic nitrogens is 4. The Labute approximate surface area is 210 Å². The zero-order valence-electron chi connectivity index (χ0n) is 19.5. The fraction of sp³-hybridized carbons (Fsp3) is 0. The number of nitrogens with zero attached hydrogens (tertiary/aromatic N) is 4. The Morgan fingerprint density at radius 1 is 0.306 bits per heavy atom. The Kier molecular flexibility index (Phi) is 5.83. The molecule has 0 spiro atoms. The van der Waals surface area contributed by atoms with Gasteiger partial charge in [-0.05, 0) is 40.5 Å². The fourth-order valence-electron chi connectivity index (χ4n) is 4.18. The average molecular weight is 463 g/mol. The Balaban J connectivity index is 1.41. The van der Waals surface area contributed by atoms with E-state index in [1.165, 1.54) is 0 Å². The molecule has 4 aromatic carbocycles. The van der Waals surface area contributed by atoms with E-state index in [0.29, 0.717) is 17.5 Å². The topological polar surface area (TPSA) is 51.6 Å². The number of benzene rings is 4. The molecule has 36 heavy (non-hydrogen) atoms. The molecule has 0 saturated carbocycles. The first-order valence-electron chi connectivity index (χ1n) is 11.8. The lowest BCUT2D eigenvalue weighted by atomic mass is 9.99. The average Bonchev–Trinajstić information content (AvgIpc) is 2.98. The van der Waals surface area contributed by atoms with E-state index in [9.17, 15) is 0 Å². The lowest BCUT2D eigenvalue weighted by Crippen LogP contribution is -2.00. The Morgan fingerprint density at radius 2 is 0.722 bits per heavy atom. The molecule has 0 saturated heterocycles. The second-order valence-corrected chi connectivity index (χ2v) is 8.43. The van der Waals surface area contributed by atoms with Gasteiger partial charge in [0.25, 0.3) is 0 Å². The van der Waals surface area contributed by atoms with Crippen LogP contribution < -0.4 is 0 Å². The largest absolute Gasteiger partial charge is 0.265 e. The van der Waals surface area contributed by atoms with Gasteiger partial charge in [-0.3, -0.25) is 4.98 Å². The minimum absolute atomic E-state index is 0.651. The molecule has 170 valence electrons. The first-order valence-corrected chi connectivity index (χ1v) is 11.8. The van der Waals surface area contributed by atoms with Gasteiger partial charge in [0, 0.05) is 29.1 Å². The van der Waals surface area contributed by atoms with Crippen molar-refractivity contribution in [3.63, 3.8) is 0 Å². The van der Waals surface area contributed by atoms with Crippen LogP contribution in [0, 0.1) is 0 Å². The molecule has 2 aromatic heterocycles. The van der Waals surface area contributed by atoms with Gasteiger partial charge in [0.1, 0.15) is 0 Å². The zero-order chi connectivity index (χ0) is 24.2. The number of rotatable bonds is 5. The van der Waals surface area contributed by atoms with Gasteiger partial charge < -0.3 is 0 Å². The standard InChI is InChI=1S/C32H22N4/c1-3-8-26(9-4-1)30-34-31(27-10-5-2-6-11-27)36-32(35-30)29-13-7-12-28(22-29)24-16-14-23(15-17-24)25-18-20-33-21-19-25/h1-22H. The second-order valence-electron chi connectivity index (χ2n) is 8.43. The fourth-order valence-corrected chi connectivity index (χ4v) is 4.18. The molecule has 0 aliphatic carbocycles. The molecule has 0 radical (unpaired) electrons. The van der Waals surface area contributed by atoms with Gasteiger partial charge in [-0.1, -0.05) is 103 Å². The van der Waals surface area contributed by atoms with E-state index < -0.39 is 0 Å². The van der Waals surface area contributed by atoms with Crippen LogP contribution in [0.15, 0.2) is 134 Å². The van der Waals surface area contributed by atoms with Crippen LogP contribution in [0.4, 0.5) is 0 Å². The number of hydrogen-bond donors (Lipinski definition) is 0. The van der Waals surface area contributed by atoms with Gasteiger partial charge in [-0.15, -0.1) is 0 Å². The van der Waals surface area contributed by atoms with E-state index in [-0.39, 0.29) is 0 Å². The number of hydrogen-bond acceptors (Lipinski definition) is 4. The van der Waals surface area contributed by atoms with Crippen LogP contribution in [-0.2, 0) is 0 Å². The van der Waals surface area contributed by atoms with Crippen LogP contribution in [0.5, 0.6) is 0 Å². The maximum atomic E-state index is 4.86. The molecule has 0 aliphatic heterocycles. The Morgan fingerprint density at radius 3 is 1.28 bits per heavy atom. The van der Waals surface area contributed by atoms with Crippen molar-refractivity contribution in [3.05, 3.63) is 134 Å². The van der Waals surface area contributed by atoms with Crippen LogP contribution in [-0.4, -0.2) is 19.9 Å². The molecular weight excluding hydrogens is 440 g/mol. The maximum Gasteiger partial charge on any atom is 0.164 e. The van der Waals surface area contributed by atoms with Crippen molar-refractivity contribution in [2.75, 3.05) is 0 Å². The summed E-state index contributed by atoms with van der Waals surface area (Å²) in [7, 11) is 0. The van der Waals surface area contributed by atoms with E-state index in [2.05, 4.69) is 47.4 Å². The highest BCUT2D eigenvalue weighted by Gasteiger charge is 2.12. The summed E-state index contributed by atoms with van der Waals surface area (Å²) in [6.45, 7) is 0. The minimum Gasteiger partial charge on any atom is -0.265 e. The molecule has 0 N–H and O–H groups in total. The Hall–Kier alpha value is -4.96. The summed E-state index contributed by atoms with van der Waals surface area (Å²) in [5, 5.41) is 0. The van der Waals surface area contributed by atoms with Crippen molar-refractivity contribution in [2.45, 2.75) is 0 Å². The minimum atomic E-state index is 0.651. The predicted octanol–water partition coefficient (Wildman–Crippen LogP) is 7.60. The van der Waals surface area contributed by atoms with E-state index in [1.54, 1.807) is 0 Å². The molecule has 0 atom stereocenters.